The van der Waals surface area contributed by atoms with E-state index in [-0.39, 0.29) is 4.83 Å². The monoisotopic (exact) mass is 290 g/mol. The number of aryl methyl sites for hydroxylation is 1. The van der Waals surface area contributed by atoms with E-state index in [1.165, 1.54) is 0 Å². The van der Waals surface area contributed by atoms with Gasteiger partial charge in [-0.25, -0.2) is 8.78 Å². The van der Waals surface area contributed by atoms with Crippen LogP contribution in [-0.4, -0.2) is 0 Å². The van der Waals surface area contributed by atoms with Gasteiger partial charge in [0.15, 0.2) is 0 Å². The molecule has 3 heteroatoms. The van der Waals surface area contributed by atoms with Crippen LogP contribution in [0.3, 0.4) is 0 Å². The Balaban J connectivity index is 2.99. The number of alkyl halides is 1. The summed E-state index contributed by atoms with van der Waals surface area (Å²) in [7, 11) is 0. The van der Waals surface area contributed by atoms with Crippen LogP contribution in [0, 0.1) is 24.5 Å². The Labute approximate surface area is 104 Å². The first-order valence-corrected chi connectivity index (χ1v) is 6.48. The molecule has 1 aromatic carbocycles. The molecule has 0 aliphatic carbocycles. The molecular weight excluding hydrogens is 274 g/mol. The van der Waals surface area contributed by atoms with Crippen LogP contribution in [0.2, 0.25) is 0 Å². The standard InChI is InChI=1S/C13H17BrF2/c1-4-5-8(2)13(14)10-6-9(3)11(15)7-12(10)16/h6-8,13H,4-5H2,1-3H3. The zero-order valence-corrected chi connectivity index (χ0v) is 11.4. The minimum Gasteiger partial charge on any atom is -0.207 e. The quantitative estimate of drug-likeness (QED) is 0.673. The Morgan fingerprint density at radius 3 is 2.44 bits per heavy atom. The topological polar surface area (TPSA) is 0 Å². The molecule has 1 rings (SSSR count). The summed E-state index contributed by atoms with van der Waals surface area (Å²) in [5, 5.41) is 0. The van der Waals surface area contributed by atoms with Gasteiger partial charge in [0.05, 0.1) is 0 Å². The van der Waals surface area contributed by atoms with Gasteiger partial charge < -0.3 is 0 Å². The summed E-state index contributed by atoms with van der Waals surface area (Å²) in [6.45, 7) is 5.83. The van der Waals surface area contributed by atoms with Gasteiger partial charge in [-0.1, -0.05) is 36.2 Å². The van der Waals surface area contributed by atoms with Crippen LogP contribution >= 0.6 is 15.9 Å². The van der Waals surface area contributed by atoms with Crippen molar-refractivity contribution >= 4 is 15.9 Å². The highest BCUT2D eigenvalue weighted by Crippen LogP contribution is 2.35. The second kappa shape index (κ2) is 5.76. The number of rotatable bonds is 4. The Bertz CT molecular complexity index is 363. The second-order valence-corrected chi connectivity index (χ2v) is 5.28. The van der Waals surface area contributed by atoms with Crippen LogP contribution in [0.4, 0.5) is 8.78 Å². The highest BCUT2D eigenvalue weighted by atomic mass is 79.9. The van der Waals surface area contributed by atoms with E-state index in [1.807, 2.05) is 0 Å². The van der Waals surface area contributed by atoms with Gasteiger partial charge in [0.25, 0.3) is 0 Å². The summed E-state index contributed by atoms with van der Waals surface area (Å²) in [5.41, 5.74) is 1.05. The van der Waals surface area contributed by atoms with E-state index in [2.05, 4.69) is 29.8 Å². The maximum atomic E-state index is 13.6. The highest BCUT2D eigenvalue weighted by Gasteiger charge is 2.20. The zero-order chi connectivity index (χ0) is 12.3. The fourth-order valence-corrected chi connectivity index (χ4v) is 2.41. The molecule has 0 saturated heterocycles. The lowest BCUT2D eigenvalue weighted by molar-refractivity contribution is 0.495. The molecule has 0 fully saturated rings. The van der Waals surface area contributed by atoms with Crippen molar-refractivity contribution in [2.24, 2.45) is 5.92 Å². The molecule has 0 heterocycles. The molecule has 0 radical (unpaired) electrons. The van der Waals surface area contributed by atoms with Crippen LogP contribution in [0.1, 0.15) is 42.6 Å². The first kappa shape index (κ1) is 13.6. The Morgan fingerprint density at radius 1 is 1.25 bits per heavy atom. The molecular formula is C13H17BrF2. The summed E-state index contributed by atoms with van der Waals surface area (Å²) < 4.78 is 26.7. The van der Waals surface area contributed by atoms with Gasteiger partial charge in [0.2, 0.25) is 0 Å². The molecule has 0 nitrogen and oxygen atoms in total. The van der Waals surface area contributed by atoms with E-state index in [0.717, 1.165) is 18.9 Å². The van der Waals surface area contributed by atoms with Crippen molar-refractivity contribution in [3.63, 3.8) is 0 Å². The Hall–Kier alpha value is -0.440. The lowest BCUT2D eigenvalue weighted by Gasteiger charge is -2.19. The fourth-order valence-electron chi connectivity index (χ4n) is 1.80. The third-order valence-electron chi connectivity index (χ3n) is 2.82. The van der Waals surface area contributed by atoms with Crippen molar-refractivity contribution in [2.75, 3.05) is 0 Å². The van der Waals surface area contributed by atoms with Gasteiger partial charge in [-0.2, -0.15) is 0 Å². The summed E-state index contributed by atoms with van der Waals surface area (Å²) in [4.78, 5) is -0.0493. The maximum Gasteiger partial charge on any atom is 0.130 e. The Kier molecular flexibility index (Phi) is 4.90. The largest absolute Gasteiger partial charge is 0.207 e. The second-order valence-electron chi connectivity index (χ2n) is 4.29. The SMILES string of the molecule is CCCC(C)C(Br)c1cc(C)c(F)cc1F. The number of hydrogen-bond acceptors (Lipinski definition) is 0. The third-order valence-corrected chi connectivity index (χ3v) is 4.21. The fraction of sp³-hybridized carbons (Fsp3) is 0.538. The molecule has 2 unspecified atom stereocenters. The van der Waals surface area contributed by atoms with Gasteiger partial charge in [0.1, 0.15) is 11.6 Å². The summed E-state index contributed by atoms with van der Waals surface area (Å²) in [6.07, 6.45) is 2.08. The first-order chi connectivity index (χ1) is 7.47. The van der Waals surface area contributed by atoms with Crippen LogP contribution in [0.5, 0.6) is 0 Å². The van der Waals surface area contributed by atoms with Crippen molar-refractivity contribution in [3.8, 4) is 0 Å². The van der Waals surface area contributed by atoms with Gasteiger partial charge in [-0.3, -0.25) is 0 Å². The van der Waals surface area contributed by atoms with Crippen molar-refractivity contribution in [3.05, 3.63) is 34.9 Å². The van der Waals surface area contributed by atoms with Crippen molar-refractivity contribution in [1.29, 1.82) is 0 Å². The molecule has 0 aliphatic rings. The average Bonchev–Trinajstić information content (AvgIpc) is 2.23. The van der Waals surface area contributed by atoms with Gasteiger partial charge >= 0.3 is 0 Å². The molecule has 0 saturated carbocycles. The number of hydrogen-bond donors (Lipinski definition) is 0. The predicted octanol–water partition coefficient (Wildman–Crippen LogP) is 5.15. The summed E-state index contributed by atoms with van der Waals surface area (Å²) in [6, 6.07) is 2.56. The highest BCUT2D eigenvalue weighted by molar-refractivity contribution is 9.09. The van der Waals surface area contributed by atoms with Gasteiger partial charge in [-0.15, -0.1) is 0 Å². The summed E-state index contributed by atoms with van der Waals surface area (Å²) in [5.74, 6) is -0.610. The first-order valence-electron chi connectivity index (χ1n) is 5.57. The van der Waals surface area contributed by atoms with E-state index < -0.39 is 11.6 Å². The molecule has 0 N–H and O–H groups in total. The zero-order valence-electron chi connectivity index (χ0n) is 9.86. The molecule has 0 spiro atoms. The van der Waals surface area contributed by atoms with Crippen LogP contribution in [0.25, 0.3) is 0 Å². The van der Waals surface area contributed by atoms with Crippen molar-refractivity contribution in [2.45, 2.75) is 38.4 Å². The third kappa shape index (κ3) is 3.03. The molecule has 16 heavy (non-hydrogen) atoms. The van der Waals surface area contributed by atoms with E-state index in [9.17, 15) is 8.78 Å². The molecule has 0 bridgehead atoms. The molecule has 0 amide bonds. The van der Waals surface area contributed by atoms with Crippen LogP contribution in [-0.2, 0) is 0 Å². The lowest BCUT2D eigenvalue weighted by Crippen LogP contribution is -2.06. The van der Waals surface area contributed by atoms with E-state index in [0.29, 0.717) is 17.0 Å². The van der Waals surface area contributed by atoms with E-state index >= 15 is 0 Å². The normalized spacial score (nSPS) is 14.9. The minimum atomic E-state index is -0.482. The van der Waals surface area contributed by atoms with Crippen molar-refractivity contribution < 1.29 is 8.78 Å². The predicted molar refractivity (Wildman–Crippen MR) is 66.8 cm³/mol. The Morgan fingerprint density at radius 2 is 1.88 bits per heavy atom. The molecule has 90 valence electrons. The molecule has 0 aromatic heterocycles. The lowest BCUT2D eigenvalue weighted by atomic mass is 9.95. The summed E-state index contributed by atoms with van der Waals surface area (Å²) >= 11 is 3.50. The minimum absolute atomic E-state index is 0.0493. The van der Waals surface area contributed by atoms with Gasteiger partial charge in [-0.05, 0) is 30.9 Å². The molecule has 1 aromatic rings. The van der Waals surface area contributed by atoms with E-state index in [1.54, 1.807) is 13.0 Å². The number of halogens is 3. The van der Waals surface area contributed by atoms with Gasteiger partial charge in [0, 0.05) is 16.5 Å². The number of benzene rings is 1. The van der Waals surface area contributed by atoms with Crippen LogP contribution < -0.4 is 0 Å². The average molecular weight is 291 g/mol. The van der Waals surface area contributed by atoms with E-state index in [4.69, 9.17) is 0 Å². The maximum absolute atomic E-state index is 13.6. The molecule has 2 atom stereocenters. The van der Waals surface area contributed by atoms with Crippen molar-refractivity contribution in [1.82, 2.24) is 0 Å². The molecule has 0 aliphatic heterocycles. The smallest absolute Gasteiger partial charge is 0.130 e. The van der Waals surface area contributed by atoms with Crippen LogP contribution in [0.15, 0.2) is 12.1 Å².